The SMILES string of the molecule is OCCCCNCC(O)C(F)(F)F. The molecule has 0 aromatic carbocycles. The summed E-state index contributed by atoms with van der Waals surface area (Å²) in [5.74, 6) is 0. The highest BCUT2D eigenvalue weighted by Gasteiger charge is 2.37. The van der Waals surface area contributed by atoms with E-state index in [1.807, 2.05) is 0 Å². The Bertz CT molecular complexity index is 129. The lowest BCUT2D eigenvalue weighted by Gasteiger charge is -2.14. The van der Waals surface area contributed by atoms with E-state index in [9.17, 15) is 13.2 Å². The maximum Gasteiger partial charge on any atom is 0.415 e. The third-order valence-corrected chi connectivity index (χ3v) is 1.48. The number of hydrogen-bond acceptors (Lipinski definition) is 3. The van der Waals surface area contributed by atoms with Gasteiger partial charge in [0, 0.05) is 13.2 Å². The molecule has 0 heterocycles. The van der Waals surface area contributed by atoms with Crippen LogP contribution in [0.3, 0.4) is 0 Å². The van der Waals surface area contributed by atoms with Gasteiger partial charge < -0.3 is 15.5 Å². The number of nitrogens with one attached hydrogen (secondary N) is 1. The number of hydrogen-bond donors (Lipinski definition) is 3. The van der Waals surface area contributed by atoms with Gasteiger partial charge in [-0.25, -0.2) is 0 Å². The zero-order valence-corrected chi connectivity index (χ0v) is 7.14. The van der Waals surface area contributed by atoms with E-state index >= 15 is 0 Å². The van der Waals surface area contributed by atoms with Crippen molar-refractivity contribution >= 4 is 0 Å². The second-order valence-electron chi connectivity index (χ2n) is 2.69. The standard InChI is InChI=1S/C7H14F3NO2/c8-7(9,10)6(13)5-11-3-1-2-4-12/h6,11-13H,1-5H2. The Morgan fingerprint density at radius 3 is 2.31 bits per heavy atom. The molecule has 0 aromatic heterocycles. The van der Waals surface area contributed by atoms with Crippen LogP contribution in [0.1, 0.15) is 12.8 Å². The van der Waals surface area contributed by atoms with Crippen LogP contribution in [0.15, 0.2) is 0 Å². The van der Waals surface area contributed by atoms with Gasteiger partial charge in [-0.05, 0) is 19.4 Å². The minimum atomic E-state index is -4.55. The van der Waals surface area contributed by atoms with Crippen LogP contribution in [0.2, 0.25) is 0 Å². The van der Waals surface area contributed by atoms with Gasteiger partial charge in [0.2, 0.25) is 0 Å². The summed E-state index contributed by atoms with van der Waals surface area (Å²) in [7, 11) is 0. The summed E-state index contributed by atoms with van der Waals surface area (Å²) in [6.45, 7) is -0.0911. The molecule has 1 atom stereocenters. The van der Waals surface area contributed by atoms with Crippen LogP contribution in [0.25, 0.3) is 0 Å². The van der Waals surface area contributed by atoms with Crippen molar-refractivity contribution in [3.05, 3.63) is 0 Å². The molecule has 13 heavy (non-hydrogen) atoms. The summed E-state index contributed by atoms with van der Waals surface area (Å²) < 4.78 is 35.1. The van der Waals surface area contributed by atoms with Gasteiger partial charge >= 0.3 is 6.18 Å². The summed E-state index contributed by atoms with van der Waals surface area (Å²) >= 11 is 0. The second kappa shape index (κ2) is 6.17. The molecule has 0 amide bonds. The van der Waals surface area contributed by atoms with E-state index in [1.165, 1.54) is 0 Å². The number of rotatable bonds is 6. The largest absolute Gasteiger partial charge is 0.415 e. The molecule has 0 bridgehead atoms. The second-order valence-corrected chi connectivity index (χ2v) is 2.69. The van der Waals surface area contributed by atoms with Crippen LogP contribution in [0, 0.1) is 0 Å². The first-order valence-corrected chi connectivity index (χ1v) is 4.05. The van der Waals surface area contributed by atoms with Crippen molar-refractivity contribution in [1.29, 1.82) is 0 Å². The fraction of sp³-hybridized carbons (Fsp3) is 1.00. The van der Waals surface area contributed by atoms with Gasteiger partial charge in [-0.15, -0.1) is 0 Å². The highest BCUT2D eigenvalue weighted by molar-refractivity contribution is 4.67. The summed E-state index contributed by atoms with van der Waals surface area (Å²) in [5.41, 5.74) is 0. The molecule has 0 spiro atoms. The zero-order chi connectivity index (χ0) is 10.3. The van der Waals surface area contributed by atoms with E-state index in [-0.39, 0.29) is 6.61 Å². The minimum absolute atomic E-state index is 0.0313. The Hall–Kier alpha value is -0.330. The number of alkyl halides is 3. The first kappa shape index (κ1) is 12.7. The number of aliphatic hydroxyl groups is 2. The van der Waals surface area contributed by atoms with Crippen molar-refractivity contribution in [1.82, 2.24) is 5.32 Å². The maximum atomic E-state index is 11.7. The zero-order valence-electron chi connectivity index (χ0n) is 7.14. The van der Waals surface area contributed by atoms with E-state index in [2.05, 4.69) is 5.32 Å². The van der Waals surface area contributed by atoms with Crippen LogP contribution < -0.4 is 5.32 Å². The molecule has 6 heteroatoms. The van der Waals surface area contributed by atoms with Crippen molar-refractivity contribution in [2.45, 2.75) is 25.1 Å². The summed E-state index contributed by atoms with van der Waals surface area (Å²) in [4.78, 5) is 0. The van der Waals surface area contributed by atoms with Gasteiger partial charge in [0.15, 0.2) is 6.10 Å². The van der Waals surface area contributed by atoms with E-state index in [1.54, 1.807) is 0 Å². The molecule has 0 radical (unpaired) electrons. The molecule has 0 rings (SSSR count). The first-order valence-electron chi connectivity index (χ1n) is 4.05. The Kier molecular flexibility index (Phi) is 6.02. The summed E-state index contributed by atoms with van der Waals surface area (Å²) in [6, 6.07) is 0. The maximum absolute atomic E-state index is 11.7. The number of aliphatic hydroxyl groups excluding tert-OH is 2. The first-order chi connectivity index (χ1) is 5.98. The Labute approximate surface area is 74.6 Å². The highest BCUT2D eigenvalue weighted by Crippen LogP contribution is 2.18. The van der Waals surface area contributed by atoms with Crippen LogP contribution in [-0.4, -0.2) is 42.2 Å². The quantitative estimate of drug-likeness (QED) is 0.541. The monoisotopic (exact) mass is 201 g/mol. The van der Waals surface area contributed by atoms with Gasteiger partial charge in [0.25, 0.3) is 0 Å². The summed E-state index contributed by atoms with van der Waals surface area (Å²) in [5, 5.41) is 19.3. The highest BCUT2D eigenvalue weighted by atomic mass is 19.4. The third-order valence-electron chi connectivity index (χ3n) is 1.48. The van der Waals surface area contributed by atoms with Gasteiger partial charge in [0.1, 0.15) is 0 Å². The molecule has 3 N–H and O–H groups in total. The lowest BCUT2D eigenvalue weighted by molar-refractivity contribution is -0.201. The fourth-order valence-corrected chi connectivity index (χ4v) is 0.716. The molecule has 0 saturated heterocycles. The topological polar surface area (TPSA) is 52.5 Å². The van der Waals surface area contributed by atoms with Gasteiger partial charge in [-0.2, -0.15) is 13.2 Å². The van der Waals surface area contributed by atoms with Crippen molar-refractivity contribution < 1.29 is 23.4 Å². The van der Waals surface area contributed by atoms with E-state index in [0.717, 1.165) is 0 Å². The predicted octanol–water partition coefficient (Wildman–Crippen LogP) is 0.272. The molecule has 0 saturated carbocycles. The molecule has 0 aliphatic rings. The fourth-order valence-electron chi connectivity index (χ4n) is 0.716. The van der Waals surface area contributed by atoms with Crippen LogP contribution in [0.4, 0.5) is 13.2 Å². The lowest BCUT2D eigenvalue weighted by atomic mass is 10.3. The van der Waals surface area contributed by atoms with Crippen LogP contribution >= 0.6 is 0 Å². The van der Waals surface area contributed by atoms with E-state index in [4.69, 9.17) is 10.2 Å². The Morgan fingerprint density at radius 1 is 1.23 bits per heavy atom. The predicted molar refractivity (Wildman–Crippen MR) is 41.3 cm³/mol. The van der Waals surface area contributed by atoms with Crippen molar-refractivity contribution in [3.63, 3.8) is 0 Å². The normalized spacial score (nSPS) is 14.5. The van der Waals surface area contributed by atoms with E-state index in [0.29, 0.717) is 19.4 Å². The Morgan fingerprint density at radius 2 is 1.85 bits per heavy atom. The number of halogens is 3. The van der Waals surface area contributed by atoms with Crippen LogP contribution in [-0.2, 0) is 0 Å². The Balaban J connectivity index is 3.32. The molecule has 3 nitrogen and oxygen atoms in total. The number of unbranched alkanes of at least 4 members (excludes halogenated alkanes) is 1. The smallest absolute Gasteiger partial charge is 0.396 e. The average molecular weight is 201 g/mol. The summed E-state index contributed by atoms with van der Waals surface area (Å²) in [6.07, 6.45) is -5.71. The lowest BCUT2D eigenvalue weighted by Crippen LogP contribution is -2.38. The van der Waals surface area contributed by atoms with Crippen molar-refractivity contribution in [3.8, 4) is 0 Å². The van der Waals surface area contributed by atoms with Crippen LogP contribution in [0.5, 0.6) is 0 Å². The van der Waals surface area contributed by atoms with Crippen molar-refractivity contribution in [2.75, 3.05) is 19.7 Å². The average Bonchev–Trinajstić information content (AvgIpc) is 2.02. The third kappa shape index (κ3) is 6.80. The molecule has 80 valence electrons. The van der Waals surface area contributed by atoms with Crippen molar-refractivity contribution in [2.24, 2.45) is 0 Å². The molecule has 0 aliphatic heterocycles. The van der Waals surface area contributed by atoms with Gasteiger partial charge in [-0.1, -0.05) is 0 Å². The van der Waals surface area contributed by atoms with Gasteiger partial charge in [0.05, 0.1) is 0 Å². The van der Waals surface area contributed by atoms with E-state index < -0.39 is 18.8 Å². The minimum Gasteiger partial charge on any atom is -0.396 e. The van der Waals surface area contributed by atoms with Gasteiger partial charge in [-0.3, -0.25) is 0 Å². The molecule has 0 aliphatic carbocycles. The molecule has 0 aromatic rings. The molecule has 0 fully saturated rings. The molecular formula is C7H14F3NO2. The molecular weight excluding hydrogens is 187 g/mol. The molecule has 1 unspecified atom stereocenters.